The molecule has 2 aliphatic rings. The molecule has 2 fully saturated rings. The molecule has 1 spiro atoms. The number of pyridine rings is 1. The molecule has 1 N–H and O–H groups in total. The van der Waals surface area contributed by atoms with Crippen molar-refractivity contribution in [3.63, 3.8) is 0 Å². The van der Waals surface area contributed by atoms with Gasteiger partial charge in [0.05, 0.1) is 21.6 Å². The van der Waals surface area contributed by atoms with E-state index in [1.165, 1.54) is 0 Å². The monoisotopic (exact) mass is 425 g/mol. The summed E-state index contributed by atoms with van der Waals surface area (Å²) < 4.78 is 40.9. The largest absolute Gasteiger partial charge is 0.434 e. The van der Waals surface area contributed by atoms with Gasteiger partial charge >= 0.3 is 6.18 Å². The fourth-order valence-corrected chi connectivity index (χ4v) is 4.70. The third-order valence-electron chi connectivity index (χ3n) is 6.16. The number of likely N-dealkylation sites (tertiary alicyclic amines) is 1. The number of nitrogens with one attached hydrogen (secondary N) is 1. The van der Waals surface area contributed by atoms with Gasteiger partial charge in [0.15, 0.2) is 5.69 Å². The Kier molecular flexibility index (Phi) is 4.46. The number of amides is 1. The van der Waals surface area contributed by atoms with E-state index in [1.807, 2.05) is 0 Å². The Morgan fingerprint density at radius 2 is 1.86 bits per heavy atom. The highest BCUT2D eigenvalue weighted by Gasteiger charge is 2.48. The Balaban J connectivity index is 1.83. The molecule has 29 heavy (non-hydrogen) atoms. The first-order chi connectivity index (χ1) is 13.6. The van der Waals surface area contributed by atoms with E-state index in [0.717, 1.165) is 6.42 Å². The second-order valence-corrected chi connectivity index (χ2v) is 8.20. The fourth-order valence-electron chi connectivity index (χ4n) is 4.51. The van der Waals surface area contributed by atoms with Crippen molar-refractivity contribution in [3.8, 4) is 6.07 Å². The summed E-state index contributed by atoms with van der Waals surface area (Å²) in [5.41, 5.74) is -1.24. The summed E-state index contributed by atoms with van der Waals surface area (Å²) in [6.07, 6.45) is -2.99. The van der Waals surface area contributed by atoms with E-state index in [2.05, 4.69) is 9.97 Å². The second-order valence-electron chi connectivity index (χ2n) is 7.83. The zero-order valence-electron chi connectivity index (χ0n) is 16.0. The molecule has 2 saturated heterocycles. The number of nitrogens with zero attached hydrogens (tertiary/aromatic N) is 4. The molecule has 0 saturated carbocycles. The van der Waals surface area contributed by atoms with Crippen molar-refractivity contribution in [2.24, 2.45) is 5.41 Å². The van der Waals surface area contributed by atoms with Crippen LogP contribution in [0.15, 0.2) is 0 Å². The SMILES string of the molecule is Cc1[nH]c2c(N3CCC4(CCN(C)C4=O)CC3)c(C#N)c(C(F)(F)F)nc2c1Cl. The van der Waals surface area contributed by atoms with Crippen LogP contribution >= 0.6 is 11.6 Å². The Morgan fingerprint density at radius 3 is 2.38 bits per heavy atom. The maximum absolute atomic E-state index is 13.6. The molecule has 0 aliphatic carbocycles. The number of aromatic nitrogens is 2. The number of carbonyl (C=O) groups is 1. The summed E-state index contributed by atoms with van der Waals surface area (Å²) in [5, 5.41) is 9.69. The molecular formula is C19H19ClF3N5O. The number of H-pyrrole nitrogens is 1. The molecule has 2 aliphatic heterocycles. The van der Waals surface area contributed by atoms with Gasteiger partial charge in [-0.3, -0.25) is 4.79 Å². The highest BCUT2D eigenvalue weighted by Crippen LogP contribution is 2.45. The molecule has 4 heterocycles. The topological polar surface area (TPSA) is 76.0 Å². The van der Waals surface area contributed by atoms with Crippen molar-refractivity contribution in [1.82, 2.24) is 14.9 Å². The van der Waals surface area contributed by atoms with Crippen LogP contribution in [-0.4, -0.2) is 47.5 Å². The fraction of sp³-hybridized carbons (Fsp3) is 0.526. The van der Waals surface area contributed by atoms with Crippen LogP contribution < -0.4 is 4.90 Å². The van der Waals surface area contributed by atoms with E-state index < -0.39 is 22.8 Å². The maximum Gasteiger partial charge on any atom is 0.434 e. The number of nitriles is 1. The number of aromatic amines is 1. The van der Waals surface area contributed by atoms with Gasteiger partial charge in [0.2, 0.25) is 5.91 Å². The van der Waals surface area contributed by atoms with E-state index in [9.17, 15) is 23.2 Å². The molecule has 2 aromatic heterocycles. The summed E-state index contributed by atoms with van der Waals surface area (Å²) in [5.74, 6) is 0.0901. The summed E-state index contributed by atoms with van der Waals surface area (Å²) >= 11 is 6.19. The number of hydrogen-bond acceptors (Lipinski definition) is 4. The number of aryl methyl sites for hydroxylation is 1. The van der Waals surface area contributed by atoms with E-state index in [1.54, 1.807) is 29.8 Å². The summed E-state index contributed by atoms with van der Waals surface area (Å²) in [7, 11) is 1.77. The first kappa shape index (κ1) is 19.8. The van der Waals surface area contributed by atoms with Crippen molar-refractivity contribution in [2.45, 2.75) is 32.4 Å². The zero-order chi connectivity index (χ0) is 21.1. The number of anilines is 1. The molecule has 1 amide bonds. The van der Waals surface area contributed by atoms with Crippen LogP contribution in [0.2, 0.25) is 5.02 Å². The van der Waals surface area contributed by atoms with Crippen LogP contribution in [0.1, 0.15) is 36.2 Å². The molecule has 154 valence electrons. The van der Waals surface area contributed by atoms with Gasteiger partial charge < -0.3 is 14.8 Å². The zero-order valence-corrected chi connectivity index (χ0v) is 16.7. The lowest BCUT2D eigenvalue weighted by Crippen LogP contribution is -2.44. The average Bonchev–Trinajstić information content (AvgIpc) is 3.11. The van der Waals surface area contributed by atoms with Crippen molar-refractivity contribution in [3.05, 3.63) is 22.0 Å². The Morgan fingerprint density at radius 1 is 1.24 bits per heavy atom. The molecule has 0 aromatic carbocycles. The Labute approximate surface area is 170 Å². The standard InChI is InChI=1S/C19H19ClF3N5O/c1-10-12(20)13-14(25-10)15(11(9-24)16(26-13)19(21,22)23)28-7-4-18(5-8-28)3-6-27(2)17(18)29/h25H,3-8H2,1-2H3. The van der Waals surface area contributed by atoms with Gasteiger partial charge in [-0.05, 0) is 26.2 Å². The molecule has 0 atom stereocenters. The lowest BCUT2D eigenvalue weighted by Gasteiger charge is -2.39. The predicted octanol–water partition coefficient (Wildman–Crippen LogP) is 3.86. The maximum atomic E-state index is 13.6. The minimum Gasteiger partial charge on any atom is -0.369 e. The number of alkyl halides is 3. The number of piperidine rings is 1. The summed E-state index contributed by atoms with van der Waals surface area (Å²) in [6.45, 7) is 3.08. The first-order valence-electron chi connectivity index (χ1n) is 9.28. The lowest BCUT2D eigenvalue weighted by atomic mass is 9.77. The quantitative estimate of drug-likeness (QED) is 0.752. The number of halogens is 4. The first-order valence-corrected chi connectivity index (χ1v) is 9.66. The average molecular weight is 426 g/mol. The van der Waals surface area contributed by atoms with E-state index in [-0.39, 0.29) is 22.1 Å². The van der Waals surface area contributed by atoms with E-state index >= 15 is 0 Å². The van der Waals surface area contributed by atoms with Gasteiger partial charge in [0, 0.05) is 32.4 Å². The molecule has 0 radical (unpaired) electrons. The van der Waals surface area contributed by atoms with Crippen LogP contribution in [0.4, 0.5) is 18.9 Å². The molecule has 2 aromatic rings. The van der Waals surface area contributed by atoms with Crippen LogP contribution in [0.5, 0.6) is 0 Å². The van der Waals surface area contributed by atoms with Gasteiger partial charge in [-0.15, -0.1) is 0 Å². The molecule has 4 rings (SSSR count). The van der Waals surface area contributed by atoms with Crippen molar-refractivity contribution >= 4 is 34.2 Å². The van der Waals surface area contributed by atoms with E-state index in [0.29, 0.717) is 43.7 Å². The Bertz CT molecular complexity index is 1050. The molecule has 0 bridgehead atoms. The smallest absolute Gasteiger partial charge is 0.369 e. The molecule has 6 nitrogen and oxygen atoms in total. The van der Waals surface area contributed by atoms with Crippen molar-refractivity contribution < 1.29 is 18.0 Å². The van der Waals surface area contributed by atoms with Gasteiger partial charge in [0.25, 0.3) is 0 Å². The molecule has 0 unspecified atom stereocenters. The van der Waals surface area contributed by atoms with Crippen molar-refractivity contribution in [2.75, 3.05) is 31.6 Å². The van der Waals surface area contributed by atoms with Crippen LogP contribution in [0.25, 0.3) is 11.0 Å². The van der Waals surface area contributed by atoms with Gasteiger partial charge in [0.1, 0.15) is 17.1 Å². The third kappa shape index (κ3) is 2.92. The number of hydrogen-bond donors (Lipinski definition) is 1. The Hall–Kier alpha value is -2.47. The lowest BCUT2D eigenvalue weighted by molar-refractivity contribution is -0.141. The van der Waals surface area contributed by atoms with Gasteiger partial charge in [-0.25, -0.2) is 4.98 Å². The number of carbonyl (C=O) groups excluding carboxylic acids is 1. The second kappa shape index (κ2) is 6.52. The summed E-state index contributed by atoms with van der Waals surface area (Å²) in [6, 6.07) is 1.70. The molecular weight excluding hydrogens is 407 g/mol. The van der Waals surface area contributed by atoms with Crippen LogP contribution in [0.3, 0.4) is 0 Å². The third-order valence-corrected chi connectivity index (χ3v) is 6.63. The highest BCUT2D eigenvalue weighted by molar-refractivity contribution is 6.36. The van der Waals surface area contributed by atoms with Crippen LogP contribution in [-0.2, 0) is 11.0 Å². The predicted molar refractivity (Wildman–Crippen MR) is 102 cm³/mol. The summed E-state index contributed by atoms with van der Waals surface area (Å²) in [4.78, 5) is 22.7. The van der Waals surface area contributed by atoms with Crippen LogP contribution in [0, 0.1) is 23.7 Å². The number of rotatable bonds is 1. The van der Waals surface area contributed by atoms with Crippen molar-refractivity contribution in [1.29, 1.82) is 5.26 Å². The van der Waals surface area contributed by atoms with Gasteiger partial charge in [-0.1, -0.05) is 11.6 Å². The van der Waals surface area contributed by atoms with Gasteiger partial charge in [-0.2, -0.15) is 18.4 Å². The minimum absolute atomic E-state index is 0.00227. The molecule has 10 heteroatoms. The van der Waals surface area contributed by atoms with E-state index in [4.69, 9.17) is 11.6 Å². The number of fused-ring (bicyclic) bond motifs is 1. The minimum atomic E-state index is -4.79. The normalized spacial score (nSPS) is 19.4. The highest BCUT2D eigenvalue weighted by atomic mass is 35.5.